The molecule has 33 heavy (non-hydrogen) atoms. The zero-order valence-corrected chi connectivity index (χ0v) is 18.4. The molecule has 4 aromatic rings. The molecule has 1 aromatic carbocycles. The fourth-order valence-electron chi connectivity index (χ4n) is 3.94. The van der Waals surface area contributed by atoms with Gasteiger partial charge >= 0.3 is 0 Å². The second-order valence-corrected chi connectivity index (χ2v) is 8.07. The van der Waals surface area contributed by atoms with E-state index >= 15 is 0 Å². The number of halogens is 1. The van der Waals surface area contributed by atoms with E-state index in [0.717, 1.165) is 16.5 Å². The summed E-state index contributed by atoms with van der Waals surface area (Å²) in [6, 6.07) is 10.6. The Bertz CT molecular complexity index is 1230. The predicted molar refractivity (Wildman–Crippen MR) is 122 cm³/mol. The Morgan fingerprint density at radius 2 is 2.03 bits per heavy atom. The van der Waals surface area contributed by atoms with Crippen LogP contribution < -0.4 is 4.84 Å². The van der Waals surface area contributed by atoms with E-state index in [0.29, 0.717) is 62.4 Å². The summed E-state index contributed by atoms with van der Waals surface area (Å²) in [5.74, 6) is 0.694. The van der Waals surface area contributed by atoms with Gasteiger partial charge in [0, 0.05) is 47.7 Å². The highest BCUT2D eigenvalue weighted by molar-refractivity contribution is 5.94. The third kappa shape index (κ3) is 5.16. The molecule has 1 aliphatic rings. The highest BCUT2D eigenvalue weighted by Gasteiger charge is 2.17. The van der Waals surface area contributed by atoms with E-state index < -0.39 is 0 Å². The number of nitrogens with one attached hydrogen (secondary N) is 1. The number of morpholine rings is 1. The molecule has 0 spiro atoms. The number of aromatic amines is 1. The lowest BCUT2D eigenvalue weighted by molar-refractivity contribution is -0.121. The second kappa shape index (κ2) is 9.62. The quantitative estimate of drug-likeness (QED) is 0.464. The minimum Gasteiger partial charge on any atom is -0.385 e. The molecule has 8 nitrogen and oxygen atoms in total. The Balaban J connectivity index is 1.48. The van der Waals surface area contributed by atoms with Crippen LogP contribution in [0.2, 0.25) is 0 Å². The lowest BCUT2D eigenvalue weighted by atomic mass is 10.1. The Labute approximate surface area is 191 Å². The normalized spacial score (nSPS) is 14.8. The van der Waals surface area contributed by atoms with Crippen LogP contribution in [0.3, 0.4) is 0 Å². The molecule has 4 heterocycles. The molecule has 9 heteroatoms. The van der Waals surface area contributed by atoms with E-state index in [2.05, 4.69) is 19.9 Å². The Morgan fingerprint density at radius 1 is 1.15 bits per heavy atom. The largest absolute Gasteiger partial charge is 0.385 e. The van der Waals surface area contributed by atoms with E-state index in [1.165, 1.54) is 12.1 Å². The molecule has 0 amide bonds. The van der Waals surface area contributed by atoms with Crippen LogP contribution in [0.4, 0.5) is 4.39 Å². The molecule has 170 valence electrons. The van der Waals surface area contributed by atoms with Crippen molar-refractivity contribution in [1.29, 1.82) is 0 Å². The number of hydrogen-bond donors (Lipinski definition) is 1. The zero-order valence-electron chi connectivity index (χ0n) is 18.4. The summed E-state index contributed by atoms with van der Waals surface area (Å²) >= 11 is 0. The van der Waals surface area contributed by atoms with Crippen molar-refractivity contribution in [3.05, 3.63) is 72.2 Å². The SMILES string of the molecule is CN(Cc1cccnc1)Cc1nc(ON2CCOCC2)cc(-c2cc(F)cc3[nH]ccc23)n1. The van der Waals surface area contributed by atoms with Crippen molar-refractivity contribution in [2.45, 2.75) is 13.1 Å². The summed E-state index contributed by atoms with van der Waals surface area (Å²) in [4.78, 5) is 24.8. The maximum atomic E-state index is 14.4. The minimum absolute atomic E-state index is 0.329. The van der Waals surface area contributed by atoms with Crippen LogP contribution in [0.15, 0.2) is 55.0 Å². The van der Waals surface area contributed by atoms with Gasteiger partial charge in [-0.25, -0.2) is 9.37 Å². The van der Waals surface area contributed by atoms with E-state index in [1.807, 2.05) is 36.5 Å². The molecular weight excluding hydrogens is 423 g/mol. The van der Waals surface area contributed by atoms with Crippen LogP contribution in [-0.2, 0) is 17.8 Å². The summed E-state index contributed by atoms with van der Waals surface area (Å²) < 4.78 is 19.8. The first-order valence-electron chi connectivity index (χ1n) is 10.9. The maximum Gasteiger partial charge on any atom is 0.242 e. The first-order valence-corrected chi connectivity index (χ1v) is 10.9. The summed E-state index contributed by atoms with van der Waals surface area (Å²) in [5.41, 5.74) is 3.12. The van der Waals surface area contributed by atoms with E-state index in [-0.39, 0.29) is 5.82 Å². The first kappa shape index (κ1) is 21.4. The molecule has 3 aromatic heterocycles. The van der Waals surface area contributed by atoms with Crippen LogP contribution in [0.5, 0.6) is 5.88 Å². The molecule has 1 fully saturated rings. The fourth-order valence-corrected chi connectivity index (χ4v) is 3.94. The van der Waals surface area contributed by atoms with Crippen LogP contribution in [-0.4, -0.2) is 63.2 Å². The highest BCUT2D eigenvalue weighted by atomic mass is 19.1. The van der Waals surface area contributed by atoms with Crippen molar-refractivity contribution in [3.8, 4) is 17.1 Å². The van der Waals surface area contributed by atoms with Crippen molar-refractivity contribution in [3.63, 3.8) is 0 Å². The third-order valence-electron chi connectivity index (χ3n) is 5.44. The van der Waals surface area contributed by atoms with Crippen molar-refractivity contribution < 1.29 is 14.0 Å². The van der Waals surface area contributed by atoms with Crippen molar-refractivity contribution in [1.82, 2.24) is 29.9 Å². The third-order valence-corrected chi connectivity index (χ3v) is 5.44. The predicted octanol–water partition coefficient (Wildman–Crippen LogP) is 3.42. The standard InChI is InChI=1S/C24H25FN6O2/c1-30(15-17-3-2-5-26-14-17)16-23-28-22(13-24(29-23)33-31-7-9-32-10-8-31)20-11-18(25)12-21-19(20)4-6-27-21/h2-6,11-14,27H,7-10,15-16H2,1H3. The summed E-state index contributed by atoms with van der Waals surface area (Å²) in [6.45, 7) is 3.70. The maximum absolute atomic E-state index is 14.4. The van der Waals surface area contributed by atoms with Crippen molar-refractivity contribution in [2.75, 3.05) is 33.4 Å². The molecule has 5 rings (SSSR count). The van der Waals surface area contributed by atoms with Gasteiger partial charge in [0.1, 0.15) is 11.6 Å². The summed E-state index contributed by atoms with van der Waals surface area (Å²) in [5, 5.41) is 2.72. The van der Waals surface area contributed by atoms with Crippen LogP contribution >= 0.6 is 0 Å². The van der Waals surface area contributed by atoms with Gasteiger partial charge in [-0.2, -0.15) is 4.98 Å². The van der Waals surface area contributed by atoms with Crippen LogP contribution in [0.25, 0.3) is 22.2 Å². The molecule has 0 bridgehead atoms. The van der Waals surface area contributed by atoms with Gasteiger partial charge in [0.05, 0.1) is 38.5 Å². The van der Waals surface area contributed by atoms with Crippen molar-refractivity contribution in [2.24, 2.45) is 0 Å². The van der Waals surface area contributed by atoms with Gasteiger partial charge in [0.15, 0.2) is 0 Å². The molecule has 1 saturated heterocycles. The summed E-state index contributed by atoms with van der Waals surface area (Å²) in [6.07, 6.45) is 5.39. The highest BCUT2D eigenvalue weighted by Crippen LogP contribution is 2.30. The summed E-state index contributed by atoms with van der Waals surface area (Å²) in [7, 11) is 2.00. The molecule has 0 aliphatic carbocycles. The molecule has 0 unspecified atom stereocenters. The van der Waals surface area contributed by atoms with Crippen LogP contribution in [0, 0.1) is 5.82 Å². The average Bonchev–Trinajstić information content (AvgIpc) is 3.28. The molecule has 0 radical (unpaired) electrons. The number of fused-ring (bicyclic) bond motifs is 1. The van der Waals surface area contributed by atoms with Gasteiger partial charge in [0.2, 0.25) is 5.88 Å². The Hall–Kier alpha value is -3.40. The lowest BCUT2D eigenvalue weighted by Gasteiger charge is -2.26. The molecular formula is C24H25FN6O2. The number of ether oxygens (including phenoxy) is 1. The minimum atomic E-state index is -0.329. The van der Waals surface area contributed by atoms with Crippen LogP contribution in [0.1, 0.15) is 11.4 Å². The molecule has 0 saturated carbocycles. The number of pyridine rings is 1. The average molecular weight is 449 g/mol. The monoisotopic (exact) mass is 448 g/mol. The second-order valence-electron chi connectivity index (χ2n) is 8.07. The molecule has 1 N–H and O–H groups in total. The number of H-pyrrole nitrogens is 1. The number of aromatic nitrogens is 4. The molecule has 1 aliphatic heterocycles. The lowest BCUT2D eigenvalue weighted by Crippen LogP contribution is -2.38. The Morgan fingerprint density at radius 3 is 2.85 bits per heavy atom. The van der Waals surface area contributed by atoms with E-state index in [9.17, 15) is 4.39 Å². The van der Waals surface area contributed by atoms with Gasteiger partial charge in [-0.15, -0.1) is 5.06 Å². The van der Waals surface area contributed by atoms with Gasteiger partial charge < -0.3 is 14.6 Å². The fraction of sp³-hybridized carbons (Fsp3) is 0.292. The van der Waals surface area contributed by atoms with Gasteiger partial charge in [-0.1, -0.05) is 6.07 Å². The van der Waals surface area contributed by atoms with E-state index in [1.54, 1.807) is 18.5 Å². The number of benzene rings is 1. The first-order chi connectivity index (χ1) is 16.1. The Kier molecular flexibility index (Phi) is 6.25. The van der Waals surface area contributed by atoms with E-state index in [4.69, 9.17) is 14.6 Å². The number of hydroxylamine groups is 2. The van der Waals surface area contributed by atoms with Gasteiger partial charge in [0.25, 0.3) is 0 Å². The zero-order chi connectivity index (χ0) is 22.6. The van der Waals surface area contributed by atoms with Crippen molar-refractivity contribution >= 4 is 10.9 Å². The number of hydrogen-bond acceptors (Lipinski definition) is 7. The molecule has 0 atom stereocenters. The van der Waals surface area contributed by atoms with Gasteiger partial charge in [-0.05, 0) is 36.9 Å². The van der Waals surface area contributed by atoms with Gasteiger partial charge in [-0.3, -0.25) is 9.88 Å². The number of rotatable bonds is 7. The smallest absolute Gasteiger partial charge is 0.242 e. The topological polar surface area (TPSA) is 79.4 Å². The number of nitrogens with zero attached hydrogens (tertiary/aromatic N) is 5.